The van der Waals surface area contributed by atoms with Crippen LogP contribution in [0.2, 0.25) is 0 Å². The van der Waals surface area contributed by atoms with E-state index in [4.69, 9.17) is 4.42 Å². The first kappa shape index (κ1) is 18.5. The summed E-state index contributed by atoms with van der Waals surface area (Å²) in [6.45, 7) is 1.48. The zero-order valence-electron chi connectivity index (χ0n) is 14.2. The highest BCUT2D eigenvalue weighted by Gasteiger charge is 2.46. The van der Waals surface area contributed by atoms with E-state index in [0.29, 0.717) is 32.5 Å². The van der Waals surface area contributed by atoms with Gasteiger partial charge in [0.05, 0.1) is 11.3 Å². The molecular weight excluding hydrogens is 500 g/mol. The summed E-state index contributed by atoms with van der Waals surface area (Å²) >= 11 is 8.05. The van der Waals surface area contributed by atoms with E-state index < -0.39 is 6.17 Å². The summed E-state index contributed by atoms with van der Waals surface area (Å²) in [7, 11) is 0. The number of benzene rings is 1. The Labute approximate surface area is 175 Å². The van der Waals surface area contributed by atoms with Crippen molar-refractivity contribution < 1.29 is 13.9 Å². The Morgan fingerprint density at radius 1 is 1.33 bits per heavy atom. The number of carbonyl (C=O) groups excluding carboxylic acids is 1. The molecule has 0 fully saturated rings. The van der Waals surface area contributed by atoms with Crippen LogP contribution >= 0.6 is 43.6 Å². The summed E-state index contributed by atoms with van der Waals surface area (Å²) in [5.41, 5.74) is 1.31. The number of rotatable bonds is 2. The van der Waals surface area contributed by atoms with Gasteiger partial charge in [0.15, 0.2) is 10.4 Å². The van der Waals surface area contributed by atoms with Crippen molar-refractivity contribution >= 4 is 55.2 Å². The number of carbonyl (C=O) groups is 1. The number of halogens is 2. The average molecular weight is 513 g/mol. The number of nitrogens with one attached hydrogen (secondary N) is 1. The molecule has 1 aliphatic heterocycles. The summed E-state index contributed by atoms with van der Waals surface area (Å²) in [4.78, 5) is 29.9. The number of fused-ring (bicyclic) bond motifs is 3. The van der Waals surface area contributed by atoms with E-state index in [-0.39, 0.29) is 11.5 Å². The van der Waals surface area contributed by atoms with Crippen molar-refractivity contribution in [1.82, 2.24) is 10.1 Å². The number of thioether (sulfide) groups is 1. The minimum atomic E-state index is -0.717. The Morgan fingerprint density at radius 2 is 2.11 bits per heavy atom. The van der Waals surface area contributed by atoms with E-state index in [1.807, 2.05) is 12.3 Å². The molecule has 0 saturated heterocycles. The van der Waals surface area contributed by atoms with E-state index in [0.717, 1.165) is 4.47 Å². The molecule has 1 aromatic carbocycles. The number of H-pyrrole nitrogens is 1. The molecule has 0 aliphatic carbocycles. The third-order valence-electron chi connectivity index (χ3n) is 4.19. The standard InChI is InChI=1S/C17H12Br2N4O3S/c1-8(24)22-11-4-3-9(18)7-10(11)14-15(25)20-17(27-2)21-23(14)16(22)12-5-6-13(19)26-12/h3-7,16H,1-2H3/p+1/t16-/m1/s1. The van der Waals surface area contributed by atoms with E-state index >= 15 is 0 Å². The fourth-order valence-corrected chi connectivity index (χ4v) is 4.20. The van der Waals surface area contributed by atoms with Crippen LogP contribution in [0.4, 0.5) is 5.69 Å². The van der Waals surface area contributed by atoms with Crippen LogP contribution in [0.1, 0.15) is 18.8 Å². The Kier molecular flexibility index (Phi) is 4.73. The minimum Gasteiger partial charge on any atom is -0.445 e. The van der Waals surface area contributed by atoms with Gasteiger partial charge in [0.1, 0.15) is 0 Å². The lowest BCUT2D eigenvalue weighted by Crippen LogP contribution is -2.60. The first-order chi connectivity index (χ1) is 12.9. The quantitative estimate of drug-likeness (QED) is 0.420. The van der Waals surface area contributed by atoms with Gasteiger partial charge in [0.2, 0.25) is 11.1 Å². The number of hydrogen-bond donors (Lipinski definition) is 1. The fourth-order valence-electron chi connectivity index (χ4n) is 3.15. The maximum absolute atomic E-state index is 12.9. The molecule has 3 aromatic rings. The van der Waals surface area contributed by atoms with Crippen LogP contribution in [-0.2, 0) is 4.79 Å². The predicted octanol–water partition coefficient (Wildman–Crippen LogP) is 3.48. The number of amides is 1. The number of nitrogens with zero attached hydrogens (tertiary/aromatic N) is 3. The van der Waals surface area contributed by atoms with Crippen molar-refractivity contribution in [2.24, 2.45) is 0 Å². The zero-order chi connectivity index (χ0) is 19.3. The largest absolute Gasteiger partial charge is 0.445 e. The minimum absolute atomic E-state index is 0.193. The molecule has 0 spiro atoms. The van der Waals surface area contributed by atoms with Gasteiger partial charge in [-0.3, -0.25) is 14.6 Å². The van der Waals surface area contributed by atoms with Crippen molar-refractivity contribution in [2.45, 2.75) is 18.2 Å². The number of hydrogen-bond acceptors (Lipinski definition) is 5. The monoisotopic (exact) mass is 511 g/mol. The maximum atomic E-state index is 12.9. The second-order valence-electron chi connectivity index (χ2n) is 5.82. The molecule has 7 nitrogen and oxygen atoms in total. The summed E-state index contributed by atoms with van der Waals surface area (Å²) in [5, 5.41) is 5.01. The van der Waals surface area contributed by atoms with Gasteiger partial charge in [-0.25, -0.2) is 4.90 Å². The Hall–Kier alpha value is -1.91. The van der Waals surface area contributed by atoms with Crippen LogP contribution in [0.5, 0.6) is 0 Å². The van der Waals surface area contributed by atoms with Gasteiger partial charge in [-0.1, -0.05) is 27.7 Å². The van der Waals surface area contributed by atoms with Crippen molar-refractivity contribution in [3.05, 3.63) is 55.6 Å². The van der Waals surface area contributed by atoms with Crippen molar-refractivity contribution in [3.8, 4) is 11.3 Å². The van der Waals surface area contributed by atoms with Gasteiger partial charge < -0.3 is 4.42 Å². The maximum Gasteiger partial charge on any atom is 0.325 e. The first-order valence-corrected chi connectivity index (χ1v) is 10.7. The molecule has 1 aliphatic rings. The molecule has 4 rings (SSSR count). The van der Waals surface area contributed by atoms with Gasteiger partial charge in [0.25, 0.3) is 0 Å². The highest BCUT2D eigenvalue weighted by atomic mass is 79.9. The average Bonchev–Trinajstić information content (AvgIpc) is 3.05. The fraction of sp³-hybridized carbons (Fsp3) is 0.176. The third-order valence-corrected chi connectivity index (χ3v) is 5.68. The van der Waals surface area contributed by atoms with Gasteiger partial charge in [-0.05, 0) is 57.2 Å². The van der Waals surface area contributed by atoms with Crippen LogP contribution < -0.4 is 15.1 Å². The molecule has 138 valence electrons. The van der Waals surface area contributed by atoms with E-state index in [2.05, 4.69) is 41.9 Å². The van der Waals surface area contributed by atoms with Gasteiger partial charge in [-0.2, -0.15) is 0 Å². The predicted molar refractivity (Wildman–Crippen MR) is 108 cm³/mol. The molecule has 10 heteroatoms. The first-order valence-electron chi connectivity index (χ1n) is 7.86. The molecule has 0 saturated carbocycles. The van der Waals surface area contributed by atoms with Gasteiger partial charge in [0, 0.05) is 16.5 Å². The Balaban J connectivity index is 2.11. The molecule has 27 heavy (non-hydrogen) atoms. The van der Waals surface area contributed by atoms with Crippen LogP contribution in [0.25, 0.3) is 11.3 Å². The molecular formula is C17H13Br2N4O3S+. The van der Waals surface area contributed by atoms with Crippen molar-refractivity contribution in [2.75, 3.05) is 11.2 Å². The van der Waals surface area contributed by atoms with E-state index in [9.17, 15) is 9.59 Å². The number of furan rings is 1. The summed E-state index contributed by atoms with van der Waals surface area (Å²) in [6, 6.07) is 8.94. The Morgan fingerprint density at radius 3 is 2.74 bits per heavy atom. The van der Waals surface area contributed by atoms with Crippen molar-refractivity contribution in [1.29, 1.82) is 0 Å². The molecule has 2 aromatic heterocycles. The SMILES string of the molecule is CSc1n[n+]2c(c(=O)[nH]1)-c1cc(Br)ccc1N(C(C)=O)[C@H]2c1ccc(Br)o1. The number of anilines is 1. The summed E-state index contributed by atoms with van der Waals surface area (Å²) in [6.07, 6.45) is 1.10. The zero-order valence-corrected chi connectivity index (χ0v) is 18.2. The number of aromatic amines is 1. The second-order valence-corrected chi connectivity index (χ2v) is 8.31. The lowest BCUT2D eigenvalue weighted by Gasteiger charge is -2.30. The summed E-state index contributed by atoms with van der Waals surface area (Å²) in [5.74, 6) is 0.295. The molecule has 0 radical (unpaired) electrons. The van der Waals surface area contributed by atoms with Crippen LogP contribution in [0.15, 0.2) is 53.8 Å². The molecule has 3 heterocycles. The van der Waals surface area contributed by atoms with Gasteiger partial charge in [-0.15, -0.1) is 0 Å². The lowest BCUT2D eigenvalue weighted by molar-refractivity contribution is -0.764. The smallest absolute Gasteiger partial charge is 0.325 e. The topological polar surface area (TPSA) is 83.1 Å². The number of aromatic nitrogens is 3. The Bertz CT molecular complexity index is 1130. The molecule has 0 unspecified atom stereocenters. The van der Waals surface area contributed by atoms with Crippen molar-refractivity contribution in [3.63, 3.8) is 0 Å². The van der Waals surface area contributed by atoms with E-state index in [1.165, 1.54) is 18.7 Å². The normalized spacial score (nSPS) is 15.4. The molecule has 1 amide bonds. The molecule has 1 N–H and O–H groups in total. The molecule has 1 atom stereocenters. The highest BCUT2D eigenvalue weighted by molar-refractivity contribution is 9.10. The van der Waals surface area contributed by atoms with Crippen LogP contribution in [0, 0.1) is 0 Å². The van der Waals surface area contributed by atoms with Crippen LogP contribution in [0.3, 0.4) is 0 Å². The summed E-state index contributed by atoms with van der Waals surface area (Å²) < 4.78 is 8.62. The lowest BCUT2D eigenvalue weighted by atomic mass is 10.0. The highest BCUT2D eigenvalue weighted by Crippen LogP contribution is 2.39. The van der Waals surface area contributed by atoms with Gasteiger partial charge >= 0.3 is 17.4 Å². The molecule has 0 bridgehead atoms. The van der Waals surface area contributed by atoms with Crippen LogP contribution in [-0.4, -0.2) is 22.2 Å². The second kappa shape index (κ2) is 6.92. The third kappa shape index (κ3) is 3.05. The van der Waals surface area contributed by atoms with E-state index in [1.54, 1.807) is 33.8 Å².